The normalized spacial score (nSPS) is 11.6. The Bertz CT molecular complexity index is 152. The third-order valence-electron chi connectivity index (χ3n) is 1.24. The number of carboxylic acids is 1. The van der Waals surface area contributed by atoms with E-state index in [4.69, 9.17) is 16.7 Å². The van der Waals surface area contributed by atoms with Crippen LogP contribution in [0, 0.1) is 0 Å². The maximum Gasteiger partial charge on any atom is 0.308 e. The lowest BCUT2D eigenvalue weighted by Crippen LogP contribution is -1.93. The van der Waals surface area contributed by atoms with Crippen LogP contribution in [0.3, 0.4) is 0 Å². The molecule has 11 heavy (non-hydrogen) atoms. The minimum atomic E-state index is -0.872. The van der Waals surface area contributed by atoms with Gasteiger partial charge in [-0.3, -0.25) is 4.79 Å². The highest BCUT2D eigenvalue weighted by Crippen LogP contribution is 2.09. The van der Waals surface area contributed by atoms with Crippen molar-refractivity contribution in [2.24, 2.45) is 0 Å². The van der Waals surface area contributed by atoms with Crippen LogP contribution in [-0.2, 0) is 4.79 Å². The number of carbonyl (C=O) groups is 1. The molecule has 3 heteroatoms. The first-order valence-corrected chi connectivity index (χ1v) is 4.11. The van der Waals surface area contributed by atoms with E-state index in [0.29, 0.717) is 5.03 Å². The molecule has 0 spiro atoms. The van der Waals surface area contributed by atoms with Crippen molar-refractivity contribution < 1.29 is 9.90 Å². The van der Waals surface area contributed by atoms with Crippen molar-refractivity contribution in [1.29, 1.82) is 0 Å². The lowest BCUT2D eigenvalue weighted by atomic mass is 10.2. The molecule has 0 aromatic carbocycles. The average molecular weight is 177 g/mol. The molecule has 0 aliphatic carbocycles. The molecule has 0 aromatic rings. The molecule has 0 unspecified atom stereocenters. The van der Waals surface area contributed by atoms with Crippen LogP contribution in [0.1, 0.15) is 32.6 Å². The van der Waals surface area contributed by atoms with Gasteiger partial charge in [-0.25, -0.2) is 0 Å². The third kappa shape index (κ3) is 7.40. The van der Waals surface area contributed by atoms with E-state index in [1.807, 2.05) is 0 Å². The fourth-order valence-corrected chi connectivity index (χ4v) is 0.903. The average Bonchev–Trinajstić information content (AvgIpc) is 1.86. The second-order valence-electron chi connectivity index (χ2n) is 2.36. The predicted molar refractivity (Wildman–Crippen MR) is 45.7 cm³/mol. The van der Waals surface area contributed by atoms with Crippen molar-refractivity contribution in [3.8, 4) is 0 Å². The monoisotopic (exact) mass is 176 g/mol. The van der Waals surface area contributed by atoms with Crippen LogP contribution in [0.25, 0.3) is 0 Å². The van der Waals surface area contributed by atoms with Gasteiger partial charge in [-0.15, -0.1) is 0 Å². The van der Waals surface area contributed by atoms with Crippen molar-refractivity contribution in [2.45, 2.75) is 32.6 Å². The molecular weight excluding hydrogens is 164 g/mol. The summed E-state index contributed by atoms with van der Waals surface area (Å²) in [6, 6.07) is 0. The minimum Gasteiger partial charge on any atom is -0.481 e. The molecule has 0 rings (SSSR count). The SMILES string of the molecule is CCCC/C=C(/Cl)CC(=O)O. The fraction of sp³-hybridized carbons (Fsp3) is 0.625. The number of carboxylic acid groups (broad SMARTS) is 1. The van der Waals surface area contributed by atoms with E-state index < -0.39 is 5.97 Å². The number of aliphatic carboxylic acids is 1. The third-order valence-corrected chi connectivity index (χ3v) is 1.53. The maximum absolute atomic E-state index is 10.1. The van der Waals surface area contributed by atoms with Gasteiger partial charge in [-0.1, -0.05) is 37.4 Å². The van der Waals surface area contributed by atoms with Gasteiger partial charge in [-0.2, -0.15) is 0 Å². The summed E-state index contributed by atoms with van der Waals surface area (Å²) in [4.78, 5) is 10.1. The lowest BCUT2D eigenvalue weighted by Gasteiger charge is -1.93. The van der Waals surface area contributed by atoms with Crippen LogP contribution in [0.15, 0.2) is 11.1 Å². The first kappa shape index (κ1) is 10.5. The van der Waals surface area contributed by atoms with Gasteiger partial charge in [0.05, 0.1) is 6.42 Å². The number of rotatable bonds is 5. The topological polar surface area (TPSA) is 37.3 Å². The van der Waals surface area contributed by atoms with Crippen LogP contribution in [-0.4, -0.2) is 11.1 Å². The van der Waals surface area contributed by atoms with E-state index in [9.17, 15) is 4.79 Å². The van der Waals surface area contributed by atoms with E-state index in [2.05, 4.69) is 6.92 Å². The van der Waals surface area contributed by atoms with Crippen molar-refractivity contribution in [3.05, 3.63) is 11.1 Å². The Labute approximate surface area is 71.9 Å². The van der Waals surface area contributed by atoms with Gasteiger partial charge in [0.1, 0.15) is 0 Å². The summed E-state index contributed by atoms with van der Waals surface area (Å²) in [5.74, 6) is -0.872. The molecule has 0 fully saturated rings. The quantitative estimate of drug-likeness (QED) is 0.654. The molecule has 1 N–H and O–H groups in total. The van der Waals surface area contributed by atoms with Crippen molar-refractivity contribution >= 4 is 17.6 Å². The number of halogens is 1. The summed E-state index contributed by atoms with van der Waals surface area (Å²) in [5, 5.41) is 8.75. The first-order chi connectivity index (χ1) is 5.16. The van der Waals surface area contributed by atoms with Crippen molar-refractivity contribution in [1.82, 2.24) is 0 Å². The Hall–Kier alpha value is -0.500. The van der Waals surface area contributed by atoms with E-state index in [1.54, 1.807) is 6.08 Å². The fourth-order valence-electron chi connectivity index (χ4n) is 0.679. The first-order valence-electron chi connectivity index (χ1n) is 3.73. The summed E-state index contributed by atoms with van der Waals surface area (Å²) >= 11 is 5.59. The maximum atomic E-state index is 10.1. The molecule has 0 heterocycles. The molecule has 0 radical (unpaired) electrons. The largest absolute Gasteiger partial charge is 0.481 e. The number of hydrogen-bond acceptors (Lipinski definition) is 1. The molecule has 0 bridgehead atoms. The number of allylic oxidation sites excluding steroid dienone is 1. The van der Waals surface area contributed by atoms with Gasteiger partial charge < -0.3 is 5.11 Å². The highest BCUT2D eigenvalue weighted by Gasteiger charge is 1.98. The van der Waals surface area contributed by atoms with E-state index in [1.165, 1.54) is 0 Å². The highest BCUT2D eigenvalue weighted by molar-refractivity contribution is 6.30. The van der Waals surface area contributed by atoms with Gasteiger partial charge in [0.2, 0.25) is 0 Å². The Morgan fingerprint density at radius 2 is 2.27 bits per heavy atom. The summed E-state index contributed by atoms with van der Waals surface area (Å²) < 4.78 is 0. The van der Waals surface area contributed by atoms with Crippen LogP contribution in [0.5, 0.6) is 0 Å². The smallest absolute Gasteiger partial charge is 0.308 e. The van der Waals surface area contributed by atoms with E-state index >= 15 is 0 Å². The molecule has 2 nitrogen and oxygen atoms in total. The van der Waals surface area contributed by atoms with Gasteiger partial charge >= 0.3 is 5.97 Å². The molecule has 0 aliphatic heterocycles. The van der Waals surface area contributed by atoms with Crippen LogP contribution in [0.4, 0.5) is 0 Å². The molecule has 0 aromatic heterocycles. The zero-order valence-electron chi connectivity index (χ0n) is 6.64. The summed E-state index contributed by atoms with van der Waals surface area (Å²) in [6.07, 6.45) is 4.77. The Morgan fingerprint density at radius 1 is 1.64 bits per heavy atom. The second kappa shape index (κ2) is 6.23. The number of unbranched alkanes of at least 4 members (excludes halogenated alkanes) is 2. The zero-order chi connectivity index (χ0) is 8.69. The minimum absolute atomic E-state index is 0.0503. The zero-order valence-corrected chi connectivity index (χ0v) is 7.40. The van der Waals surface area contributed by atoms with E-state index in [0.717, 1.165) is 19.3 Å². The van der Waals surface area contributed by atoms with Gasteiger partial charge in [0, 0.05) is 5.03 Å². The molecule has 0 atom stereocenters. The van der Waals surface area contributed by atoms with Crippen LogP contribution >= 0.6 is 11.6 Å². The molecule has 0 saturated heterocycles. The summed E-state index contributed by atoms with van der Waals surface area (Å²) in [7, 11) is 0. The molecule has 0 aliphatic rings. The van der Waals surface area contributed by atoms with Crippen molar-refractivity contribution in [2.75, 3.05) is 0 Å². The van der Waals surface area contributed by atoms with Gasteiger partial charge in [-0.05, 0) is 6.42 Å². The standard InChI is InChI=1S/C8H13ClO2/c1-2-3-4-5-7(9)6-8(10)11/h5H,2-4,6H2,1H3,(H,10,11)/b7-5+. The summed E-state index contributed by atoms with van der Waals surface area (Å²) in [6.45, 7) is 2.08. The van der Waals surface area contributed by atoms with Gasteiger partial charge in [0.15, 0.2) is 0 Å². The summed E-state index contributed by atoms with van der Waals surface area (Å²) in [5.41, 5.74) is 0. The lowest BCUT2D eigenvalue weighted by molar-refractivity contribution is -0.136. The van der Waals surface area contributed by atoms with Crippen LogP contribution in [0.2, 0.25) is 0 Å². The molecule has 0 saturated carbocycles. The Kier molecular flexibility index (Phi) is 5.94. The molecule has 64 valence electrons. The predicted octanol–water partition coefficient (Wildman–Crippen LogP) is 2.77. The van der Waals surface area contributed by atoms with Crippen LogP contribution < -0.4 is 0 Å². The Balaban J connectivity index is 3.54. The van der Waals surface area contributed by atoms with E-state index in [-0.39, 0.29) is 6.42 Å². The molecular formula is C8H13ClO2. The molecule has 0 amide bonds. The van der Waals surface area contributed by atoms with Crippen molar-refractivity contribution in [3.63, 3.8) is 0 Å². The Morgan fingerprint density at radius 3 is 2.73 bits per heavy atom. The van der Waals surface area contributed by atoms with Gasteiger partial charge in [0.25, 0.3) is 0 Å². The highest BCUT2D eigenvalue weighted by atomic mass is 35.5. The second-order valence-corrected chi connectivity index (χ2v) is 2.85. The number of hydrogen-bond donors (Lipinski definition) is 1.